The smallest absolute Gasteiger partial charge is 0.259 e. The third-order valence-corrected chi connectivity index (χ3v) is 7.19. The molecule has 37 heavy (non-hydrogen) atoms. The van der Waals surface area contributed by atoms with Crippen LogP contribution in [-0.2, 0) is 17.7 Å². The van der Waals surface area contributed by atoms with Gasteiger partial charge in [-0.2, -0.15) is 0 Å². The molecule has 2 aliphatic heterocycles. The summed E-state index contributed by atoms with van der Waals surface area (Å²) >= 11 is 0. The molecule has 0 aromatic carbocycles. The fourth-order valence-corrected chi connectivity index (χ4v) is 5.57. The second kappa shape index (κ2) is 9.89. The van der Waals surface area contributed by atoms with Crippen LogP contribution in [-0.4, -0.2) is 62.8 Å². The molecule has 9 nitrogen and oxygen atoms in total. The van der Waals surface area contributed by atoms with Gasteiger partial charge in [0, 0.05) is 56.0 Å². The first kappa shape index (κ1) is 23.5. The molecule has 1 amide bonds. The number of hydrogen-bond donors (Lipinski definition) is 0. The van der Waals surface area contributed by atoms with E-state index >= 15 is 0 Å². The molecular weight excluding hydrogens is 468 g/mol. The number of amides is 1. The number of carbonyl (C=O) groups excluding carboxylic acids is 1. The van der Waals surface area contributed by atoms with Crippen LogP contribution in [0.2, 0.25) is 0 Å². The van der Waals surface area contributed by atoms with Crippen LogP contribution >= 0.6 is 0 Å². The van der Waals surface area contributed by atoms with Gasteiger partial charge in [0.25, 0.3) is 11.6 Å². The van der Waals surface area contributed by atoms with E-state index in [1.54, 1.807) is 12.4 Å². The van der Waals surface area contributed by atoms with Crippen LogP contribution in [0.15, 0.2) is 53.4 Å². The molecule has 0 aliphatic carbocycles. The van der Waals surface area contributed by atoms with Crippen molar-refractivity contribution in [2.45, 2.75) is 51.8 Å². The molecule has 1 saturated heterocycles. The Bertz CT molecular complexity index is 1420. The summed E-state index contributed by atoms with van der Waals surface area (Å²) in [5.74, 6) is 0.882. The summed E-state index contributed by atoms with van der Waals surface area (Å²) in [6.45, 7) is 6.62. The van der Waals surface area contributed by atoms with E-state index in [9.17, 15) is 4.79 Å². The van der Waals surface area contributed by atoms with Crippen LogP contribution in [0.4, 0.5) is 5.82 Å². The Balaban J connectivity index is 1.44. The van der Waals surface area contributed by atoms with Gasteiger partial charge in [0.2, 0.25) is 0 Å². The second-order valence-electron chi connectivity index (χ2n) is 9.65. The maximum absolute atomic E-state index is 14.4. The van der Waals surface area contributed by atoms with E-state index in [1.807, 2.05) is 42.3 Å². The van der Waals surface area contributed by atoms with E-state index < -0.39 is 0 Å². The van der Waals surface area contributed by atoms with Crippen molar-refractivity contribution in [1.29, 1.82) is 0 Å². The lowest BCUT2D eigenvalue weighted by molar-refractivity contribution is 0.0679. The molecular formula is C28H30N6O3. The molecule has 9 heteroatoms. The number of aryl methyl sites for hydroxylation is 1. The van der Waals surface area contributed by atoms with Crippen molar-refractivity contribution in [3.05, 3.63) is 65.7 Å². The number of ether oxygens (including phenoxy) is 1. The van der Waals surface area contributed by atoms with Crippen LogP contribution in [0.25, 0.3) is 22.4 Å². The lowest BCUT2D eigenvalue weighted by atomic mass is 10.0. The predicted octanol–water partition coefficient (Wildman–Crippen LogP) is 4.27. The monoisotopic (exact) mass is 498 g/mol. The van der Waals surface area contributed by atoms with Crippen molar-refractivity contribution >= 4 is 22.8 Å². The summed E-state index contributed by atoms with van der Waals surface area (Å²) in [6.07, 6.45) is 7.85. The van der Waals surface area contributed by atoms with Gasteiger partial charge in [0.15, 0.2) is 0 Å². The van der Waals surface area contributed by atoms with Crippen LogP contribution in [0.5, 0.6) is 0 Å². The van der Waals surface area contributed by atoms with Gasteiger partial charge in [-0.3, -0.25) is 9.78 Å². The fourth-order valence-electron chi connectivity index (χ4n) is 5.57. The molecule has 0 saturated carbocycles. The molecule has 190 valence electrons. The third-order valence-electron chi connectivity index (χ3n) is 7.19. The quantitative estimate of drug-likeness (QED) is 0.389. The first-order valence-corrected chi connectivity index (χ1v) is 13.0. The van der Waals surface area contributed by atoms with Crippen LogP contribution in [0.1, 0.15) is 48.3 Å². The van der Waals surface area contributed by atoms with Crippen molar-refractivity contribution in [3.63, 3.8) is 0 Å². The average molecular weight is 499 g/mol. The highest BCUT2D eigenvalue weighted by atomic mass is 16.5. The highest BCUT2D eigenvalue weighted by Gasteiger charge is 2.39. The minimum absolute atomic E-state index is 0.0605. The Morgan fingerprint density at radius 3 is 2.89 bits per heavy atom. The van der Waals surface area contributed by atoms with Crippen LogP contribution < -0.4 is 4.90 Å². The van der Waals surface area contributed by atoms with Crippen molar-refractivity contribution in [2.24, 2.45) is 0 Å². The standard InChI is InChI=1S/C28H30N6O3/c1-3-7-23-25-22(13-24(31-27(25)37-32-23)18-8-5-10-29-14-18)28(35)33-15-19-9-6-11-30-26(19)34-17-21(36-4-2)12-20(34)16-33/h5-6,8-11,13-14,20-21H,3-4,7,12,15-17H2,1-2H3/t20-,21-/m1/s1. The lowest BCUT2D eigenvalue weighted by Gasteiger charge is -2.26. The highest BCUT2D eigenvalue weighted by molar-refractivity contribution is 6.07. The molecule has 4 aromatic rings. The van der Waals surface area contributed by atoms with Crippen molar-refractivity contribution in [1.82, 2.24) is 25.0 Å². The minimum atomic E-state index is -0.0605. The maximum atomic E-state index is 14.4. The van der Waals surface area contributed by atoms with Crippen molar-refractivity contribution in [2.75, 3.05) is 24.6 Å². The summed E-state index contributed by atoms with van der Waals surface area (Å²) in [4.78, 5) is 32.2. The zero-order valence-corrected chi connectivity index (χ0v) is 21.1. The number of nitrogens with zero attached hydrogens (tertiary/aromatic N) is 6. The molecule has 6 rings (SSSR count). The summed E-state index contributed by atoms with van der Waals surface area (Å²) in [5.41, 5.74) is 4.20. The predicted molar refractivity (Wildman–Crippen MR) is 139 cm³/mol. The van der Waals surface area contributed by atoms with Crippen molar-refractivity contribution in [3.8, 4) is 11.3 Å². The maximum Gasteiger partial charge on any atom is 0.259 e. The van der Waals surface area contributed by atoms with E-state index in [-0.39, 0.29) is 18.1 Å². The number of carbonyl (C=O) groups is 1. The number of aromatic nitrogens is 4. The molecule has 2 aliphatic rings. The van der Waals surface area contributed by atoms with E-state index in [0.717, 1.165) is 42.0 Å². The number of hydrogen-bond acceptors (Lipinski definition) is 8. The molecule has 2 atom stereocenters. The van der Waals surface area contributed by atoms with Gasteiger partial charge in [-0.1, -0.05) is 24.6 Å². The summed E-state index contributed by atoms with van der Waals surface area (Å²) in [7, 11) is 0. The zero-order valence-electron chi connectivity index (χ0n) is 21.1. The van der Waals surface area contributed by atoms with Gasteiger partial charge < -0.3 is 19.1 Å². The molecule has 0 spiro atoms. The topological polar surface area (TPSA) is 97.5 Å². The Hall–Kier alpha value is -3.85. The number of anilines is 1. The summed E-state index contributed by atoms with van der Waals surface area (Å²) in [6, 6.07) is 9.77. The Labute approximate surface area is 215 Å². The molecule has 0 N–H and O–H groups in total. The molecule has 4 aromatic heterocycles. The normalized spacial score (nSPS) is 19.1. The molecule has 6 heterocycles. The first-order valence-electron chi connectivity index (χ1n) is 13.0. The van der Waals surface area contributed by atoms with Gasteiger partial charge >= 0.3 is 0 Å². The Morgan fingerprint density at radius 1 is 1.19 bits per heavy atom. The van der Waals surface area contributed by atoms with E-state index in [1.165, 1.54) is 0 Å². The molecule has 0 radical (unpaired) electrons. The Kier molecular flexibility index (Phi) is 6.30. The average Bonchev–Trinajstić information content (AvgIpc) is 3.48. The van der Waals surface area contributed by atoms with E-state index in [0.29, 0.717) is 48.5 Å². The zero-order chi connectivity index (χ0) is 25.4. The molecule has 0 bridgehead atoms. The van der Waals surface area contributed by atoms with E-state index in [4.69, 9.17) is 19.2 Å². The second-order valence-corrected chi connectivity index (χ2v) is 9.65. The minimum Gasteiger partial charge on any atom is -0.377 e. The van der Waals surface area contributed by atoms with E-state index in [2.05, 4.69) is 28.0 Å². The summed E-state index contributed by atoms with van der Waals surface area (Å²) in [5, 5.41) is 4.99. The number of rotatable bonds is 6. The Morgan fingerprint density at radius 2 is 2.08 bits per heavy atom. The first-order chi connectivity index (χ1) is 18.2. The highest BCUT2D eigenvalue weighted by Crippen LogP contribution is 2.35. The van der Waals surface area contributed by atoms with Gasteiger partial charge in [-0.15, -0.1) is 0 Å². The number of fused-ring (bicyclic) bond motifs is 4. The molecule has 0 unspecified atom stereocenters. The number of pyridine rings is 3. The lowest BCUT2D eigenvalue weighted by Crippen LogP contribution is -2.40. The SMILES string of the molecule is CCCc1noc2nc(-c3cccnc3)cc(C(=O)N3Cc4cccnc4N4C[C@H](OCC)C[C@@H]4C3)c12. The van der Waals surface area contributed by atoms with Gasteiger partial charge in [-0.25, -0.2) is 9.97 Å². The van der Waals surface area contributed by atoms with Gasteiger partial charge in [0.1, 0.15) is 5.82 Å². The van der Waals surface area contributed by atoms with Gasteiger partial charge in [0.05, 0.1) is 34.5 Å². The molecule has 1 fully saturated rings. The fraction of sp³-hybridized carbons (Fsp3) is 0.393. The third kappa shape index (κ3) is 4.33. The van der Waals surface area contributed by atoms with Crippen LogP contribution in [0.3, 0.4) is 0 Å². The van der Waals surface area contributed by atoms with Crippen molar-refractivity contribution < 1.29 is 14.1 Å². The largest absolute Gasteiger partial charge is 0.377 e. The summed E-state index contributed by atoms with van der Waals surface area (Å²) < 4.78 is 11.6. The van der Waals surface area contributed by atoms with Gasteiger partial charge in [-0.05, 0) is 44.0 Å². The van der Waals surface area contributed by atoms with Crippen LogP contribution in [0, 0.1) is 0 Å².